The molecular weight excluding hydrogens is 322 g/mol. The van der Waals surface area contributed by atoms with Gasteiger partial charge in [0.05, 0.1) is 17.2 Å². The number of thiazole rings is 1. The maximum Gasteiger partial charge on any atom is 0.244 e. The number of carbonyl (C=O) groups is 2. The largest absolute Gasteiger partial charge is 0.343 e. The second-order valence-electron chi connectivity index (χ2n) is 5.24. The van der Waals surface area contributed by atoms with Crippen LogP contribution < -0.4 is 5.32 Å². The van der Waals surface area contributed by atoms with Crippen molar-refractivity contribution in [3.63, 3.8) is 0 Å². The van der Waals surface area contributed by atoms with E-state index in [4.69, 9.17) is 0 Å². The highest BCUT2D eigenvalue weighted by atomic mass is 32.1. The minimum absolute atomic E-state index is 0.0139. The molecule has 0 saturated carbocycles. The van der Waals surface area contributed by atoms with E-state index >= 15 is 0 Å². The summed E-state index contributed by atoms with van der Waals surface area (Å²) in [5.74, 6) is -0.405. The van der Waals surface area contributed by atoms with Crippen LogP contribution in [0.3, 0.4) is 0 Å². The van der Waals surface area contributed by atoms with E-state index in [0.29, 0.717) is 13.1 Å². The molecule has 0 aliphatic carbocycles. The van der Waals surface area contributed by atoms with E-state index < -0.39 is 0 Å². The van der Waals surface area contributed by atoms with Crippen molar-refractivity contribution in [1.82, 2.24) is 15.2 Å². The van der Waals surface area contributed by atoms with Gasteiger partial charge in [0.15, 0.2) is 0 Å². The lowest BCUT2D eigenvalue weighted by molar-refractivity contribution is -0.132. The van der Waals surface area contributed by atoms with Crippen molar-refractivity contribution in [2.75, 3.05) is 13.1 Å². The highest BCUT2D eigenvalue weighted by molar-refractivity contribution is 7.09. The summed E-state index contributed by atoms with van der Waals surface area (Å²) in [7, 11) is 0. The van der Waals surface area contributed by atoms with Gasteiger partial charge in [-0.15, -0.1) is 11.3 Å². The number of rotatable bonds is 7. The van der Waals surface area contributed by atoms with E-state index in [9.17, 15) is 9.59 Å². The first-order valence-electron chi connectivity index (χ1n) is 7.78. The van der Waals surface area contributed by atoms with Crippen LogP contribution in [0.4, 0.5) is 0 Å². The van der Waals surface area contributed by atoms with Gasteiger partial charge in [-0.1, -0.05) is 30.3 Å². The minimum Gasteiger partial charge on any atom is -0.343 e. The van der Waals surface area contributed by atoms with Crippen molar-refractivity contribution in [2.45, 2.75) is 20.4 Å². The molecule has 2 amide bonds. The van der Waals surface area contributed by atoms with Gasteiger partial charge < -0.3 is 10.2 Å². The summed E-state index contributed by atoms with van der Waals surface area (Å²) in [6, 6.07) is 9.79. The van der Waals surface area contributed by atoms with Crippen LogP contribution in [0.1, 0.15) is 23.2 Å². The van der Waals surface area contributed by atoms with Gasteiger partial charge in [-0.2, -0.15) is 0 Å². The molecule has 2 rings (SSSR count). The van der Waals surface area contributed by atoms with Crippen molar-refractivity contribution >= 4 is 29.2 Å². The number of nitrogens with zero attached hydrogens (tertiary/aromatic N) is 2. The Hall–Kier alpha value is -2.47. The van der Waals surface area contributed by atoms with Crippen LogP contribution in [0, 0.1) is 6.92 Å². The lowest BCUT2D eigenvalue weighted by Crippen LogP contribution is -2.39. The van der Waals surface area contributed by atoms with E-state index in [-0.39, 0.29) is 18.4 Å². The molecule has 1 aromatic carbocycles. The third kappa shape index (κ3) is 5.62. The van der Waals surface area contributed by atoms with Gasteiger partial charge in [0, 0.05) is 24.5 Å². The first-order chi connectivity index (χ1) is 11.6. The van der Waals surface area contributed by atoms with Crippen LogP contribution in [0.2, 0.25) is 0 Å². The number of hydrogen-bond acceptors (Lipinski definition) is 4. The highest BCUT2D eigenvalue weighted by Crippen LogP contribution is 2.09. The van der Waals surface area contributed by atoms with Gasteiger partial charge in [0.1, 0.15) is 0 Å². The summed E-state index contributed by atoms with van der Waals surface area (Å²) in [6.45, 7) is 4.96. The molecule has 126 valence electrons. The van der Waals surface area contributed by atoms with Crippen molar-refractivity contribution in [3.05, 3.63) is 58.1 Å². The van der Waals surface area contributed by atoms with Crippen LogP contribution in [-0.2, 0) is 16.1 Å². The Morgan fingerprint density at radius 2 is 2.04 bits per heavy atom. The van der Waals surface area contributed by atoms with Crippen molar-refractivity contribution in [1.29, 1.82) is 0 Å². The number of aryl methyl sites for hydroxylation is 1. The molecule has 0 fully saturated rings. The molecule has 0 radical (unpaired) electrons. The Kier molecular flexibility index (Phi) is 6.69. The number of carbonyl (C=O) groups excluding carboxylic acids is 2. The van der Waals surface area contributed by atoms with E-state index in [1.54, 1.807) is 11.0 Å². The first-order valence-corrected chi connectivity index (χ1v) is 8.66. The molecule has 2 aromatic rings. The number of hydrogen-bond donors (Lipinski definition) is 1. The normalized spacial score (nSPS) is 10.8. The van der Waals surface area contributed by atoms with Gasteiger partial charge in [0.2, 0.25) is 11.8 Å². The summed E-state index contributed by atoms with van der Waals surface area (Å²) in [5, 5.41) is 5.45. The average molecular weight is 343 g/mol. The Bertz CT molecular complexity index is 710. The van der Waals surface area contributed by atoms with Gasteiger partial charge in [0.25, 0.3) is 0 Å². The average Bonchev–Trinajstić information content (AvgIpc) is 3.02. The molecule has 0 unspecified atom stereocenters. The predicted octanol–water partition coefficient (Wildman–Crippen LogP) is 2.63. The molecule has 1 aromatic heterocycles. The molecule has 0 saturated heterocycles. The third-order valence-electron chi connectivity index (χ3n) is 3.41. The molecule has 5 nitrogen and oxygen atoms in total. The van der Waals surface area contributed by atoms with E-state index in [0.717, 1.165) is 16.3 Å². The maximum atomic E-state index is 12.2. The predicted molar refractivity (Wildman–Crippen MR) is 96.4 cm³/mol. The van der Waals surface area contributed by atoms with Crippen LogP contribution in [0.5, 0.6) is 0 Å². The van der Waals surface area contributed by atoms with Crippen molar-refractivity contribution in [2.24, 2.45) is 0 Å². The molecule has 0 aliphatic rings. The Labute approximate surface area is 146 Å². The van der Waals surface area contributed by atoms with Crippen LogP contribution in [-0.4, -0.2) is 34.8 Å². The number of nitrogens with one attached hydrogen (secondary N) is 1. The Balaban J connectivity index is 1.82. The molecule has 24 heavy (non-hydrogen) atoms. The second-order valence-corrected chi connectivity index (χ2v) is 6.30. The second kappa shape index (κ2) is 8.98. The van der Waals surface area contributed by atoms with E-state index in [2.05, 4.69) is 10.3 Å². The zero-order valence-corrected chi connectivity index (χ0v) is 14.7. The highest BCUT2D eigenvalue weighted by Gasteiger charge is 2.12. The molecule has 1 heterocycles. The van der Waals surface area contributed by atoms with Crippen molar-refractivity contribution < 1.29 is 9.59 Å². The molecule has 0 bridgehead atoms. The number of likely N-dealkylation sites (N-methyl/N-ethyl adjacent to an activating group) is 1. The van der Waals surface area contributed by atoms with Crippen molar-refractivity contribution in [3.8, 4) is 0 Å². The smallest absolute Gasteiger partial charge is 0.244 e. The summed E-state index contributed by atoms with van der Waals surface area (Å²) in [6.07, 6.45) is 3.04. The standard InChI is InChI=1S/C18H21N3O2S/c1-3-21(12-15-7-5-4-6-8-15)18(23)11-19-17(22)10-9-16-13-24-14(2)20-16/h4-10,13H,3,11-12H2,1-2H3,(H,19,22)/b10-9-. The van der Waals surface area contributed by atoms with Gasteiger partial charge in [-0.25, -0.2) is 4.98 Å². The quantitative estimate of drug-likeness (QED) is 0.786. The number of amides is 2. The monoisotopic (exact) mass is 343 g/mol. The summed E-state index contributed by atoms with van der Waals surface area (Å²) >= 11 is 1.53. The fourth-order valence-electron chi connectivity index (χ4n) is 2.13. The van der Waals surface area contributed by atoms with E-state index in [1.165, 1.54) is 17.4 Å². The molecule has 6 heteroatoms. The minimum atomic E-state index is -0.301. The summed E-state index contributed by atoms with van der Waals surface area (Å²) in [4.78, 5) is 30.0. The summed E-state index contributed by atoms with van der Waals surface area (Å²) in [5.41, 5.74) is 1.82. The van der Waals surface area contributed by atoms with Crippen LogP contribution in [0.15, 0.2) is 41.8 Å². The Morgan fingerprint density at radius 3 is 2.67 bits per heavy atom. The van der Waals surface area contributed by atoms with Gasteiger partial charge >= 0.3 is 0 Å². The number of benzene rings is 1. The van der Waals surface area contributed by atoms with Gasteiger partial charge in [-0.3, -0.25) is 9.59 Å². The Morgan fingerprint density at radius 1 is 1.29 bits per heavy atom. The third-order valence-corrected chi connectivity index (χ3v) is 4.20. The van der Waals surface area contributed by atoms with E-state index in [1.807, 2.05) is 49.6 Å². The summed E-state index contributed by atoms with van der Waals surface area (Å²) < 4.78 is 0. The topological polar surface area (TPSA) is 62.3 Å². The first kappa shape index (κ1) is 17.9. The fraction of sp³-hybridized carbons (Fsp3) is 0.278. The SMILES string of the molecule is CCN(Cc1ccccc1)C(=O)CNC(=O)/C=C\c1csc(C)n1. The van der Waals surface area contributed by atoms with Gasteiger partial charge in [-0.05, 0) is 25.5 Å². The lowest BCUT2D eigenvalue weighted by atomic mass is 10.2. The maximum absolute atomic E-state index is 12.2. The van der Waals surface area contributed by atoms with Crippen LogP contribution in [0.25, 0.3) is 6.08 Å². The molecule has 0 atom stereocenters. The fourth-order valence-corrected chi connectivity index (χ4v) is 2.71. The zero-order chi connectivity index (χ0) is 17.4. The zero-order valence-electron chi connectivity index (χ0n) is 13.9. The molecule has 1 N–H and O–H groups in total. The lowest BCUT2D eigenvalue weighted by Gasteiger charge is -2.21. The van der Waals surface area contributed by atoms with Crippen LogP contribution >= 0.6 is 11.3 Å². The number of aromatic nitrogens is 1. The molecular formula is C18H21N3O2S. The molecule has 0 aliphatic heterocycles. The molecule has 0 spiro atoms.